The Hall–Kier alpha value is -1.09. The number of halogens is 1. The van der Waals surface area contributed by atoms with E-state index in [4.69, 9.17) is 11.6 Å². The lowest BCUT2D eigenvalue weighted by atomic mass is 10.3. The maximum absolute atomic E-state index is 10.3. The summed E-state index contributed by atoms with van der Waals surface area (Å²) in [6, 6.07) is 3.30. The first kappa shape index (κ1) is 8.01. The molecule has 0 bridgehead atoms. The first-order valence-corrected chi connectivity index (χ1v) is 3.37. The lowest BCUT2D eigenvalue weighted by molar-refractivity contribution is 0.225. The molecule has 1 heterocycles. The van der Waals surface area contributed by atoms with Crippen LogP contribution in [-0.2, 0) is 0 Å². The number of aromatic nitrogens is 1. The largest absolute Gasteiger partial charge is 0.413 e. The van der Waals surface area contributed by atoms with E-state index in [0.717, 1.165) is 0 Å². The third-order valence-electron chi connectivity index (χ3n) is 1.15. The molecule has 0 fully saturated rings. The van der Waals surface area contributed by atoms with E-state index >= 15 is 0 Å². The monoisotopic (exact) mass is 171 g/mol. The summed E-state index contributed by atoms with van der Waals surface area (Å²) >= 11 is 5.00. The molecule has 0 amide bonds. The molecule has 0 atom stereocenters. The summed E-state index contributed by atoms with van der Waals surface area (Å²) in [5.41, 5.74) is -0.206. The van der Waals surface area contributed by atoms with Crippen molar-refractivity contribution in [2.75, 3.05) is 0 Å². The minimum Gasteiger partial charge on any atom is -0.413 e. The second-order valence-electron chi connectivity index (χ2n) is 1.93. The number of hydrogen-bond donors (Lipinski definition) is 0. The van der Waals surface area contributed by atoms with Crippen molar-refractivity contribution in [2.24, 2.45) is 0 Å². The summed E-state index contributed by atoms with van der Waals surface area (Å²) in [7, 11) is 0. The highest BCUT2D eigenvalue weighted by atomic mass is 35.5. The first-order chi connectivity index (χ1) is 5.20. The third kappa shape index (κ3) is 2.20. The Morgan fingerprint density at radius 2 is 2.45 bits per heavy atom. The van der Waals surface area contributed by atoms with Crippen LogP contribution in [-0.4, -0.2) is 10.4 Å². The van der Waals surface area contributed by atoms with Gasteiger partial charge in [-0.2, -0.15) is 0 Å². The van der Waals surface area contributed by atoms with Gasteiger partial charge in [-0.1, -0.05) is 0 Å². The van der Waals surface area contributed by atoms with Crippen LogP contribution in [0.25, 0.3) is 0 Å². The zero-order valence-corrected chi connectivity index (χ0v) is 6.63. The molecule has 0 aromatic carbocycles. The predicted octanol–water partition coefficient (Wildman–Crippen LogP) is 2.13. The fourth-order valence-corrected chi connectivity index (χ4v) is 0.747. The number of nitrogens with zero attached hydrogens (tertiary/aromatic N) is 1. The standard InChI is InChI=1S/C7H6ClNO2/c1-5-6(11-7(8)10)3-2-4-9-5/h2-4H,1H3. The smallest absolute Gasteiger partial charge is 0.409 e. The van der Waals surface area contributed by atoms with Crippen molar-refractivity contribution in [2.45, 2.75) is 6.92 Å². The van der Waals surface area contributed by atoms with Gasteiger partial charge in [-0.15, -0.1) is 0 Å². The van der Waals surface area contributed by atoms with Crippen LogP contribution in [0, 0.1) is 6.92 Å². The van der Waals surface area contributed by atoms with Gasteiger partial charge in [-0.25, -0.2) is 4.79 Å². The molecular formula is C7H6ClNO2. The maximum atomic E-state index is 10.3. The van der Waals surface area contributed by atoms with E-state index in [1.807, 2.05) is 0 Å². The molecule has 1 rings (SSSR count). The molecule has 0 spiro atoms. The first-order valence-electron chi connectivity index (χ1n) is 2.99. The van der Waals surface area contributed by atoms with Crippen molar-refractivity contribution in [1.82, 2.24) is 4.98 Å². The zero-order chi connectivity index (χ0) is 8.27. The number of hydrogen-bond acceptors (Lipinski definition) is 3. The fraction of sp³-hybridized carbons (Fsp3) is 0.143. The minimum absolute atomic E-state index is 0.396. The molecule has 0 N–H and O–H groups in total. The van der Waals surface area contributed by atoms with E-state index in [1.165, 1.54) is 0 Å². The molecule has 1 aromatic heterocycles. The summed E-state index contributed by atoms with van der Waals surface area (Å²) in [5, 5.41) is 0. The van der Waals surface area contributed by atoms with Crippen molar-refractivity contribution in [3.8, 4) is 5.75 Å². The zero-order valence-electron chi connectivity index (χ0n) is 5.87. The highest BCUT2D eigenvalue weighted by Crippen LogP contribution is 2.14. The van der Waals surface area contributed by atoms with Crippen LogP contribution in [0.15, 0.2) is 18.3 Å². The molecule has 0 aliphatic carbocycles. The summed E-state index contributed by atoms with van der Waals surface area (Å²) in [6.45, 7) is 1.73. The molecule has 0 radical (unpaired) electrons. The van der Waals surface area contributed by atoms with E-state index in [1.54, 1.807) is 25.3 Å². The summed E-state index contributed by atoms with van der Waals surface area (Å²) < 4.78 is 4.61. The van der Waals surface area contributed by atoms with E-state index in [-0.39, 0.29) is 0 Å². The van der Waals surface area contributed by atoms with Gasteiger partial charge in [0.15, 0.2) is 5.75 Å². The van der Waals surface area contributed by atoms with Crippen LogP contribution in [0.3, 0.4) is 0 Å². The number of ether oxygens (including phenoxy) is 1. The van der Waals surface area contributed by atoms with Gasteiger partial charge >= 0.3 is 5.43 Å². The molecule has 0 saturated carbocycles. The fourth-order valence-electron chi connectivity index (χ4n) is 0.664. The Balaban J connectivity index is 2.86. The van der Waals surface area contributed by atoms with Crippen LogP contribution in [0.2, 0.25) is 0 Å². The number of carbonyl (C=O) groups is 1. The molecule has 0 saturated heterocycles. The number of carbonyl (C=O) groups excluding carboxylic acids is 1. The highest BCUT2D eigenvalue weighted by Gasteiger charge is 2.02. The topological polar surface area (TPSA) is 39.2 Å². The van der Waals surface area contributed by atoms with Crippen LogP contribution in [0.5, 0.6) is 5.75 Å². The average Bonchev–Trinajstić information content (AvgIpc) is 1.93. The normalized spacial score (nSPS) is 9.27. The molecule has 0 unspecified atom stereocenters. The molecule has 0 aliphatic rings. The lowest BCUT2D eigenvalue weighted by Gasteiger charge is -2.00. The second kappa shape index (κ2) is 3.34. The van der Waals surface area contributed by atoms with Crippen molar-refractivity contribution in [3.63, 3.8) is 0 Å². The van der Waals surface area contributed by atoms with Crippen LogP contribution >= 0.6 is 11.6 Å². The van der Waals surface area contributed by atoms with Crippen molar-refractivity contribution >= 4 is 17.0 Å². The van der Waals surface area contributed by atoms with Gasteiger partial charge in [0, 0.05) is 17.8 Å². The van der Waals surface area contributed by atoms with E-state index in [2.05, 4.69) is 9.72 Å². The Labute approximate surface area is 69.0 Å². The Morgan fingerprint density at radius 3 is 3.00 bits per heavy atom. The van der Waals surface area contributed by atoms with E-state index < -0.39 is 5.43 Å². The maximum Gasteiger partial charge on any atom is 0.409 e. The summed E-state index contributed by atoms with van der Waals surface area (Å²) in [5.74, 6) is 0.396. The number of aryl methyl sites for hydroxylation is 1. The van der Waals surface area contributed by atoms with Crippen molar-refractivity contribution in [3.05, 3.63) is 24.0 Å². The predicted molar refractivity (Wildman–Crippen MR) is 40.9 cm³/mol. The van der Waals surface area contributed by atoms with Gasteiger partial charge < -0.3 is 4.74 Å². The Bertz CT molecular complexity index is 275. The molecule has 3 nitrogen and oxygen atoms in total. The Kier molecular flexibility index (Phi) is 2.44. The SMILES string of the molecule is Cc1ncccc1OC(=O)Cl. The van der Waals surface area contributed by atoms with E-state index in [9.17, 15) is 4.79 Å². The van der Waals surface area contributed by atoms with Gasteiger partial charge in [0.1, 0.15) is 0 Å². The second-order valence-corrected chi connectivity index (χ2v) is 2.24. The van der Waals surface area contributed by atoms with Crippen LogP contribution in [0.1, 0.15) is 5.69 Å². The van der Waals surface area contributed by atoms with E-state index in [0.29, 0.717) is 11.4 Å². The third-order valence-corrected chi connectivity index (χ3v) is 1.23. The van der Waals surface area contributed by atoms with Gasteiger partial charge in [0.05, 0.1) is 5.69 Å². The minimum atomic E-state index is -0.846. The summed E-state index contributed by atoms with van der Waals surface area (Å²) in [6.07, 6.45) is 1.61. The van der Waals surface area contributed by atoms with Gasteiger partial charge in [0.25, 0.3) is 0 Å². The molecule has 11 heavy (non-hydrogen) atoms. The van der Waals surface area contributed by atoms with Crippen molar-refractivity contribution < 1.29 is 9.53 Å². The van der Waals surface area contributed by atoms with Gasteiger partial charge in [0.2, 0.25) is 0 Å². The molecule has 1 aromatic rings. The summed E-state index contributed by atoms with van der Waals surface area (Å²) in [4.78, 5) is 14.2. The quantitative estimate of drug-likeness (QED) is 0.608. The lowest BCUT2D eigenvalue weighted by Crippen LogP contribution is -1.98. The van der Waals surface area contributed by atoms with Gasteiger partial charge in [-0.05, 0) is 19.1 Å². The van der Waals surface area contributed by atoms with Crippen LogP contribution < -0.4 is 4.74 Å². The molecule has 4 heteroatoms. The van der Waals surface area contributed by atoms with Crippen molar-refractivity contribution in [1.29, 1.82) is 0 Å². The number of pyridine rings is 1. The van der Waals surface area contributed by atoms with Gasteiger partial charge in [-0.3, -0.25) is 4.98 Å². The molecule has 58 valence electrons. The molecular weight excluding hydrogens is 166 g/mol. The Morgan fingerprint density at radius 1 is 1.73 bits per heavy atom. The highest BCUT2D eigenvalue weighted by molar-refractivity contribution is 6.61. The average molecular weight is 172 g/mol. The number of rotatable bonds is 1. The van der Waals surface area contributed by atoms with Crippen LogP contribution in [0.4, 0.5) is 4.79 Å². The molecule has 0 aliphatic heterocycles.